The fourth-order valence-corrected chi connectivity index (χ4v) is 4.47. The van der Waals surface area contributed by atoms with Gasteiger partial charge >= 0.3 is 0 Å². The topological polar surface area (TPSA) is 41.6 Å². The van der Waals surface area contributed by atoms with Crippen LogP contribution in [0.5, 0.6) is 0 Å². The molecule has 3 aromatic rings. The van der Waals surface area contributed by atoms with Crippen molar-refractivity contribution in [2.45, 2.75) is 25.4 Å². The summed E-state index contributed by atoms with van der Waals surface area (Å²) in [4.78, 5) is 9.34. The van der Waals surface area contributed by atoms with E-state index in [9.17, 15) is 0 Å². The second-order valence-corrected chi connectivity index (χ2v) is 7.58. The zero-order chi connectivity index (χ0) is 18.1. The van der Waals surface area contributed by atoms with Crippen molar-refractivity contribution in [2.24, 2.45) is 13.0 Å². The first kappa shape index (κ1) is 17.2. The van der Waals surface area contributed by atoms with Crippen LogP contribution < -0.4 is 0 Å². The summed E-state index contributed by atoms with van der Waals surface area (Å²) in [6.07, 6.45) is 8.36. The average molecular weight is 352 g/mol. The second kappa shape index (κ2) is 7.21. The monoisotopic (exact) mass is 352 g/mol. The molecule has 6 nitrogen and oxygen atoms in total. The van der Waals surface area contributed by atoms with Crippen LogP contribution >= 0.6 is 0 Å². The maximum Gasteiger partial charge on any atom is 0.136 e. The van der Waals surface area contributed by atoms with Crippen molar-refractivity contribution < 1.29 is 0 Å². The number of pyridine rings is 1. The first-order valence-corrected chi connectivity index (χ1v) is 9.41. The standard InChI is InChI=1S/C20H28N6/c1-23(15-17-7-4-8-19-21-11-13-26(17)19)14-16-6-5-12-24(2)20(16)18-9-10-22-25(18)3/h4,7-11,13,16,20H,5-6,12,14-15H2,1-3H3/t16-,20+/m0/s1. The van der Waals surface area contributed by atoms with Crippen LogP contribution in [0.2, 0.25) is 0 Å². The molecule has 0 saturated carbocycles. The number of fused-ring (bicyclic) bond motifs is 1. The molecule has 0 N–H and O–H groups in total. The van der Waals surface area contributed by atoms with Crippen molar-refractivity contribution in [3.05, 3.63) is 54.2 Å². The van der Waals surface area contributed by atoms with Crippen LogP contribution in [0, 0.1) is 5.92 Å². The Labute approximate surface area is 155 Å². The van der Waals surface area contributed by atoms with Gasteiger partial charge in [0, 0.05) is 44.4 Å². The molecule has 0 unspecified atom stereocenters. The quantitative estimate of drug-likeness (QED) is 0.708. The zero-order valence-electron chi connectivity index (χ0n) is 15.9. The Morgan fingerprint density at radius 1 is 1.19 bits per heavy atom. The van der Waals surface area contributed by atoms with Crippen molar-refractivity contribution >= 4 is 5.65 Å². The number of aromatic nitrogens is 4. The van der Waals surface area contributed by atoms with Gasteiger partial charge in [0.05, 0.1) is 11.7 Å². The molecule has 1 aliphatic rings. The first-order chi connectivity index (χ1) is 12.6. The first-order valence-electron chi connectivity index (χ1n) is 9.41. The Kier molecular flexibility index (Phi) is 4.78. The fourth-order valence-electron chi connectivity index (χ4n) is 4.47. The van der Waals surface area contributed by atoms with Gasteiger partial charge in [-0.2, -0.15) is 5.10 Å². The van der Waals surface area contributed by atoms with Gasteiger partial charge in [0.25, 0.3) is 0 Å². The largest absolute Gasteiger partial charge is 0.303 e. The third-order valence-electron chi connectivity index (χ3n) is 5.66. The number of likely N-dealkylation sites (tertiary alicyclic amines) is 1. The number of rotatable bonds is 5. The SMILES string of the molecule is CN(Cc1cccc2nccn12)C[C@@H]1CCCN(C)[C@H]1c1ccnn1C. The van der Waals surface area contributed by atoms with Crippen molar-refractivity contribution in [1.82, 2.24) is 29.0 Å². The summed E-state index contributed by atoms with van der Waals surface area (Å²) in [6.45, 7) is 3.15. The lowest BCUT2D eigenvalue weighted by molar-refractivity contribution is 0.0869. The molecular weight excluding hydrogens is 324 g/mol. The predicted octanol–water partition coefficient (Wildman–Crippen LogP) is 2.58. The molecule has 0 bridgehead atoms. The smallest absolute Gasteiger partial charge is 0.136 e. The maximum atomic E-state index is 4.40. The Balaban J connectivity index is 1.51. The van der Waals surface area contributed by atoms with Gasteiger partial charge in [-0.3, -0.25) is 9.58 Å². The third-order valence-corrected chi connectivity index (χ3v) is 5.66. The Bertz CT molecular complexity index is 866. The fraction of sp³-hybridized carbons (Fsp3) is 0.500. The third kappa shape index (κ3) is 3.27. The molecule has 4 heterocycles. The minimum Gasteiger partial charge on any atom is -0.303 e. The van der Waals surface area contributed by atoms with Gasteiger partial charge in [0.15, 0.2) is 0 Å². The van der Waals surface area contributed by atoms with Gasteiger partial charge in [-0.1, -0.05) is 6.07 Å². The minimum absolute atomic E-state index is 0.433. The summed E-state index contributed by atoms with van der Waals surface area (Å²) in [5.74, 6) is 0.608. The van der Waals surface area contributed by atoms with Crippen LogP contribution in [0.4, 0.5) is 0 Å². The van der Waals surface area contributed by atoms with Crippen molar-refractivity contribution in [1.29, 1.82) is 0 Å². The molecule has 6 heteroatoms. The molecule has 2 atom stereocenters. The van der Waals surface area contributed by atoms with Crippen molar-refractivity contribution in [3.8, 4) is 0 Å². The highest BCUT2D eigenvalue weighted by Crippen LogP contribution is 2.35. The normalized spacial score (nSPS) is 21.7. The summed E-state index contributed by atoms with van der Waals surface area (Å²) < 4.78 is 4.22. The number of hydrogen-bond acceptors (Lipinski definition) is 4. The number of hydrogen-bond donors (Lipinski definition) is 0. The number of piperidine rings is 1. The van der Waals surface area contributed by atoms with Crippen LogP contribution in [0.25, 0.3) is 5.65 Å². The van der Waals surface area contributed by atoms with Gasteiger partial charge in [-0.15, -0.1) is 0 Å². The molecule has 3 aromatic heterocycles. The van der Waals surface area contributed by atoms with Crippen LogP contribution in [-0.2, 0) is 13.6 Å². The number of imidazole rings is 1. The van der Waals surface area contributed by atoms with Crippen LogP contribution in [0.1, 0.15) is 30.3 Å². The maximum absolute atomic E-state index is 4.40. The van der Waals surface area contributed by atoms with E-state index in [2.05, 4.69) is 69.7 Å². The number of aryl methyl sites for hydroxylation is 1. The van der Waals surface area contributed by atoms with Crippen molar-refractivity contribution in [3.63, 3.8) is 0 Å². The highest BCUT2D eigenvalue weighted by molar-refractivity contribution is 5.39. The molecule has 0 amide bonds. The molecule has 0 radical (unpaired) electrons. The van der Waals surface area contributed by atoms with Crippen LogP contribution in [-0.4, -0.2) is 56.1 Å². The second-order valence-electron chi connectivity index (χ2n) is 7.58. The van der Waals surface area contributed by atoms with E-state index in [0.717, 1.165) is 25.3 Å². The van der Waals surface area contributed by atoms with E-state index in [-0.39, 0.29) is 0 Å². The molecule has 1 saturated heterocycles. The van der Waals surface area contributed by atoms with E-state index in [1.54, 1.807) is 0 Å². The number of nitrogens with zero attached hydrogens (tertiary/aromatic N) is 6. The summed E-state index contributed by atoms with van der Waals surface area (Å²) in [6, 6.07) is 8.95. The Morgan fingerprint density at radius 3 is 2.88 bits per heavy atom. The molecule has 0 aromatic carbocycles. The molecular formula is C20H28N6. The lowest BCUT2D eigenvalue weighted by Crippen LogP contribution is -2.41. The van der Waals surface area contributed by atoms with Crippen molar-refractivity contribution in [2.75, 3.05) is 27.2 Å². The molecule has 1 aliphatic heterocycles. The molecule has 0 aliphatic carbocycles. The summed E-state index contributed by atoms with van der Waals surface area (Å²) >= 11 is 0. The van der Waals surface area contributed by atoms with E-state index in [1.807, 2.05) is 23.3 Å². The van der Waals surface area contributed by atoms with Gasteiger partial charge in [0.2, 0.25) is 0 Å². The Morgan fingerprint density at radius 2 is 2.08 bits per heavy atom. The lowest BCUT2D eigenvalue weighted by Gasteiger charge is -2.40. The zero-order valence-corrected chi connectivity index (χ0v) is 15.9. The molecule has 4 rings (SSSR count). The average Bonchev–Trinajstić information content (AvgIpc) is 3.25. The van der Waals surface area contributed by atoms with Crippen LogP contribution in [0.15, 0.2) is 42.9 Å². The Hall–Kier alpha value is -2.18. The summed E-state index contributed by atoms with van der Waals surface area (Å²) in [5.41, 5.74) is 3.62. The van der Waals surface area contributed by atoms with Gasteiger partial charge in [0.1, 0.15) is 5.65 Å². The lowest BCUT2D eigenvalue weighted by atomic mass is 9.87. The van der Waals surface area contributed by atoms with Gasteiger partial charge in [-0.25, -0.2) is 4.98 Å². The van der Waals surface area contributed by atoms with E-state index >= 15 is 0 Å². The van der Waals surface area contributed by atoms with Gasteiger partial charge in [-0.05, 0) is 57.6 Å². The molecule has 26 heavy (non-hydrogen) atoms. The minimum atomic E-state index is 0.433. The predicted molar refractivity (Wildman–Crippen MR) is 103 cm³/mol. The van der Waals surface area contributed by atoms with Crippen LogP contribution in [0.3, 0.4) is 0 Å². The van der Waals surface area contributed by atoms with Gasteiger partial charge < -0.3 is 9.30 Å². The highest BCUT2D eigenvalue weighted by Gasteiger charge is 2.32. The van der Waals surface area contributed by atoms with E-state index in [4.69, 9.17) is 0 Å². The summed E-state index contributed by atoms with van der Waals surface area (Å²) in [5, 5.41) is 4.40. The summed E-state index contributed by atoms with van der Waals surface area (Å²) in [7, 11) is 6.53. The molecule has 1 fully saturated rings. The van der Waals surface area contributed by atoms with E-state index in [0.29, 0.717) is 12.0 Å². The van der Waals surface area contributed by atoms with E-state index < -0.39 is 0 Å². The highest BCUT2D eigenvalue weighted by atomic mass is 15.3. The molecule has 138 valence electrons. The molecule has 0 spiro atoms. The van der Waals surface area contributed by atoms with E-state index in [1.165, 1.54) is 24.2 Å².